The molecule has 0 saturated heterocycles. The molecule has 0 bridgehead atoms. The van der Waals surface area contributed by atoms with E-state index in [4.69, 9.17) is 4.74 Å². The number of ether oxygens (including phenoxy) is 1. The number of carbonyl (C=O) groups is 1. The second-order valence-corrected chi connectivity index (χ2v) is 5.77. The summed E-state index contributed by atoms with van der Waals surface area (Å²) >= 11 is 0. The van der Waals surface area contributed by atoms with E-state index in [0.29, 0.717) is 23.8 Å². The number of rotatable bonds is 5. The van der Waals surface area contributed by atoms with Crippen LogP contribution in [-0.4, -0.2) is 56.4 Å². The zero-order valence-electron chi connectivity index (χ0n) is 13.1. The Kier molecular flexibility index (Phi) is 5.76. The molecule has 0 aromatic carbocycles. The number of alkyl halides is 3. The SMILES string of the molecule is CCOC(=O)N(CC[N+](C)(C)C)c1ccc(C(F)(F)F)cn1. The molecule has 5 nitrogen and oxygen atoms in total. The van der Waals surface area contributed by atoms with Gasteiger partial charge in [0.2, 0.25) is 0 Å². The van der Waals surface area contributed by atoms with E-state index in [1.54, 1.807) is 6.92 Å². The van der Waals surface area contributed by atoms with Crippen molar-refractivity contribution in [2.24, 2.45) is 0 Å². The first-order valence-corrected chi connectivity index (χ1v) is 6.82. The van der Waals surface area contributed by atoms with E-state index >= 15 is 0 Å². The van der Waals surface area contributed by atoms with Gasteiger partial charge in [-0.1, -0.05) is 0 Å². The second kappa shape index (κ2) is 6.95. The summed E-state index contributed by atoms with van der Waals surface area (Å²) in [7, 11) is 5.84. The van der Waals surface area contributed by atoms with Gasteiger partial charge in [0.15, 0.2) is 0 Å². The Morgan fingerprint density at radius 1 is 1.32 bits per heavy atom. The Bertz CT molecular complexity index is 496. The number of hydrogen-bond donors (Lipinski definition) is 0. The summed E-state index contributed by atoms with van der Waals surface area (Å²) in [6.45, 7) is 2.73. The van der Waals surface area contributed by atoms with Crippen LogP contribution in [0.4, 0.5) is 23.8 Å². The van der Waals surface area contributed by atoms with Gasteiger partial charge in [0.05, 0.1) is 46.4 Å². The first kappa shape index (κ1) is 18.2. The maximum atomic E-state index is 12.6. The topological polar surface area (TPSA) is 42.4 Å². The highest BCUT2D eigenvalue weighted by atomic mass is 19.4. The number of anilines is 1. The first-order valence-electron chi connectivity index (χ1n) is 6.82. The highest BCUT2D eigenvalue weighted by Gasteiger charge is 2.31. The molecule has 1 amide bonds. The van der Waals surface area contributed by atoms with E-state index in [1.807, 2.05) is 21.1 Å². The third-order valence-corrected chi connectivity index (χ3v) is 2.83. The van der Waals surface area contributed by atoms with Gasteiger partial charge in [-0.3, -0.25) is 4.90 Å². The Morgan fingerprint density at radius 2 is 1.95 bits per heavy atom. The van der Waals surface area contributed by atoms with Gasteiger partial charge < -0.3 is 9.22 Å². The summed E-state index contributed by atoms with van der Waals surface area (Å²) in [6, 6.07) is 2.08. The molecular formula is C14H21F3N3O2+. The number of halogens is 3. The molecular weight excluding hydrogens is 299 g/mol. The van der Waals surface area contributed by atoms with Gasteiger partial charge in [0.1, 0.15) is 5.82 Å². The average Bonchev–Trinajstić information content (AvgIpc) is 2.37. The van der Waals surface area contributed by atoms with Crippen LogP contribution in [0.2, 0.25) is 0 Å². The lowest BCUT2D eigenvalue weighted by Gasteiger charge is -2.28. The summed E-state index contributed by atoms with van der Waals surface area (Å²) in [5, 5.41) is 0. The van der Waals surface area contributed by atoms with Crippen LogP contribution in [0.5, 0.6) is 0 Å². The number of pyridine rings is 1. The smallest absolute Gasteiger partial charge is 0.417 e. The molecule has 1 rings (SSSR count). The molecule has 8 heteroatoms. The third kappa shape index (κ3) is 5.51. The molecule has 0 aliphatic rings. The van der Waals surface area contributed by atoms with Gasteiger partial charge in [0.25, 0.3) is 0 Å². The maximum absolute atomic E-state index is 12.6. The van der Waals surface area contributed by atoms with Crippen LogP contribution in [0.1, 0.15) is 12.5 Å². The minimum atomic E-state index is -4.46. The van der Waals surface area contributed by atoms with Gasteiger partial charge in [-0.05, 0) is 19.1 Å². The summed E-state index contributed by atoms with van der Waals surface area (Å²) < 4.78 is 43.2. The van der Waals surface area contributed by atoms with Crippen molar-refractivity contribution in [3.8, 4) is 0 Å². The van der Waals surface area contributed by atoms with Crippen molar-refractivity contribution in [1.29, 1.82) is 0 Å². The maximum Gasteiger partial charge on any atom is 0.417 e. The van der Waals surface area contributed by atoms with Gasteiger partial charge in [0, 0.05) is 6.20 Å². The fourth-order valence-electron chi connectivity index (χ4n) is 1.61. The summed E-state index contributed by atoms with van der Waals surface area (Å²) in [5.41, 5.74) is -0.855. The lowest BCUT2D eigenvalue weighted by Crippen LogP contribution is -2.44. The van der Waals surface area contributed by atoms with Crippen LogP contribution in [0.25, 0.3) is 0 Å². The Morgan fingerprint density at radius 3 is 2.36 bits per heavy atom. The summed E-state index contributed by atoms with van der Waals surface area (Å²) in [6.07, 6.45) is -4.36. The quantitative estimate of drug-likeness (QED) is 0.784. The van der Waals surface area contributed by atoms with Crippen molar-refractivity contribution in [2.75, 3.05) is 45.7 Å². The Labute approximate surface area is 127 Å². The van der Waals surface area contributed by atoms with Crippen molar-refractivity contribution in [1.82, 2.24) is 4.98 Å². The molecule has 0 saturated carbocycles. The van der Waals surface area contributed by atoms with Gasteiger partial charge in [-0.15, -0.1) is 0 Å². The van der Waals surface area contributed by atoms with Crippen LogP contribution < -0.4 is 4.90 Å². The minimum Gasteiger partial charge on any atom is -0.449 e. The molecule has 1 heterocycles. The van der Waals surface area contributed by atoms with Gasteiger partial charge in [-0.2, -0.15) is 13.2 Å². The molecule has 0 radical (unpaired) electrons. The van der Waals surface area contributed by atoms with Crippen LogP contribution >= 0.6 is 0 Å². The van der Waals surface area contributed by atoms with Crippen molar-refractivity contribution >= 4 is 11.9 Å². The van der Waals surface area contributed by atoms with Gasteiger partial charge >= 0.3 is 12.3 Å². The molecule has 1 aromatic heterocycles. The number of aromatic nitrogens is 1. The lowest BCUT2D eigenvalue weighted by atomic mass is 10.2. The zero-order chi connectivity index (χ0) is 17.0. The second-order valence-electron chi connectivity index (χ2n) is 5.77. The minimum absolute atomic E-state index is 0.139. The highest BCUT2D eigenvalue weighted by Crippen LogP contribution is 2.29. The van der Waals surface area contributed by atoms with Crippen molar-refractivity contribution in [3.05, 3.63) is 23.9 Å². The fourth-order valence-corrected chi connectivity index (χ4v) is 1.61. The standard InChI is InChI=1S/C14H21F3N3O2/c1-5-22-13(21)19(8-9-20(2,3)4)12-7-6-11(10-18-12)14(15,16)17/h6-7,10H,5,8-9H2,1-4H3/q+1. The zero-order valence-corrected chi connectivity index (χ0v) is 13.1. The Hall–Kier alpha value is -1.83. The molecule has 0 unspecified atom stereocenters. The van der Waals surface area contributed by atoms with Crippen molar-refractivity contribution in [3.63, 3.8) is 0 Å². The highest BCUT2D eigenvalue weighted by molar-refractivity contribution is 5.86. The fraction of sp³-hybridized carbons (Fsp3) is 0.571. The van der Waals surface area contributed by atoms with Crippen molar-refractivity contribution < 1.29 is 27.2 Å². The summed E-state index contributed by atoms with van der Waals surface area (Å²) in [5.74, 6) is 0.139. The van der Waals surface area contributed by atoms with Crippen LogP contribution in [0, 0.1) is 0 Å². The molecule has 124 valence electrons. The van der Waals surface area contributed by atoms with Crippen LogP contribution in [0.3, 0.4) is 0 Å². The van der Waals surface area contributed by atoms with E-state index in [0.717, 1.165) is 6.07 Å². The van der Waals surface area contributed by atoms with Gasteiger partial charge in [-0.25, -0.2) is 9.78 Å². The molecule has 0 aliphatic carbocycles. The number of likely N-dealkylation sites (N-methyl/N-ethyl adjacent to an activating group) is 1. The number of amides is 1. The molecule has 0 spiro atoms. The molecule has 1 aromatic rings. The van der Waals surface area contributed by atoms with Crippen LogP contribution in [-0.2, 0) is 10.9 Å². The molecule has 0 aliphatic heterocycles. The largest absolute Gasteiger partial charge is 0.449 e. The van der Waals surface area contributed by atoms with Crippen molar-refractivity contribution in [2.45, 2.75) is 13.1 Å². The van der Waals surface area contributed by atoms with Crippen LogP contribution in [0.15, 0.2) is 18.3 Å². The average molecular weight is 320 g/mol. The number of quaternary nitrogens is 1. The predicted molar refractivity (Wildman–Crippen MR) is 76.5 cm³/mol. The number of carbonyl (C=O) groups excluding carboxylic acids is 1. The predicted octanol–water partition coefficient (Wildman–Crippen LogP) is 2.77. The third-order valence-electron chi connectivity index (χ3n) is 2.83. The first-order chi connectivity index (χ1) is 10.0. The number of nitrogens with zero attached hydrogens (tertiary/aromatic N) is 3. The molecule has 0 N–H and O–H groups in total. The van der Waals surface area contributed by atoms with E-state index in [9.17, 15) is 18.0 Å². The van der Waals surface area contributed by atoms with E-state index < -0.39 is 17.8 Å². The monoisotopic (exact) mass is 320 g/mol. The van der Waals surface area contributed by atoms with E-state index in [-0.39, 0.29) is 12.4 Å². The Balaban J connectivity index is 2.97. The molecule has 0 atom stereocenters. The lowest BCUT2D eigenvalue weighted by molar-refractivity contribution is -0.868. The molecule has 0 fully saturated rings. The van der Waals surface area contributed by atoms with E-state index in [2.05, 4.69) is 4.98 Å². The summed E-state index contributed by atoms with van der Waals surface area (Å²) in [4.78, 5) is 17.0. The normalized spacial score (nSPS) is 12.1. The van der Waals surface area contributed by atoms with E-state index in [1.165, 1.54) is 11.0 Å². The molecule has 22 heavy (non-hydrogen) atoms. The number of hydrogen-bond acceptors (Lipinski definition) is 3.